The first-order valence-electron chi connectivity index (χ1n) is 6.59. The number of nitrogens with one attached hydrogen (secondary N) is 1. The average molecular weight is 338 g/mol. The van der Waals surface area contributed by atoms with Crippen molar-refractivity contribution in [2.75, 3.05) is 6.54 Å². The van der Waals surface area contributed by atoms with Gasteiger partial charge in [0.1, 0.15) is 11.9 Å². The molecule has 0 aliphatic carbocycles. The zero-order valence-corrected chi connectivity index (χ0v) is 13.0. The molecule has 1 aromatic carbocycles. The van der Waals surface area contributed by atoms with E-state index in [1.807, 2.05) is 32.3 Å². The Morgan fingerprint density at radius 1 is 1.55 bits per heavy atom. The molecule has 3 rings (SSSR count). The van der Waals surface area contributed by atoms with E-state index in [0.717, 1.165) is 21.1 Å². The minimum absolute atomic E-state index is 0.0216. The fourth-order valence-corrected chi connectivity index (χ4v) is 2.96. The maximum Gasteiger partial charge on any atom is 0.220 e. The summed E-state index contributed by atoms with van der Waals surface area (Å²) < 4.78 is 8.79. The van der Waals surface area contributed by atoms with Crippen molar-refractivity contribution in [1.29, 1.82) is 0 Å². The minimum atomic E-state index is -0.0216. The number of carbonyl (C=O) groups excluding carboxylic acids is 1. The lowest BCUT2D eigenvalue weighted by molar-refractivity contribution is -0.119. The van der Waals surface area contributed by atoms with Gasteiger partial charge in [-0.15, -0.1) is 0 Å². The molecule has 0 spiro atoms. The van der Waals surface area contributed by atoms with Gasteiger partial charge < -0.3 is 10.1 Å². The van der Waals surface area contributed by atoms with E-state index in [0.29, 0.717) is 13.0 Å². The van der Waals surface area contributed by atoms with Gasteiger partial charge in [0, 0.05) is 36.6 Å². The van der Waals surface area contributed by atoms with Gasteiger partial charge in [-0.05, 0) is 19.1 Å². The second-order valence-electron chi connectivity index (χ2n) is 5.23. The highest BCUT2D eigenvalue weighted by molar-refractivity contribution is 9.10. The minimum Gasteiger partial charge on any atom is -0.490 e. The molecule has 1 aliphatic rings. The molecule has 1 aromatic heterocycles. The summed E-state index contributed by atoms with van der Waals surface area (Å²) in [6.45, 7) is 2.69. The third-order valence-electron chi connectivity index (χ3n) is 3.65. The van der Waals surface area contributed by atoms with Gasteiger partial charge in [0.15, 0.2) is 0 Å². The Hall–Kier alpha value is -1.56. The highest BCUT2D eigenvalue weighted by Gasteiger charge is 2.28. The molecule has 2 heterocycles. The van der Waals surface area contributed by atoms with Crippen LogP contribution in [0.4, 0.5) is 0 Å². The van der Waals surface area contributed by atoms with Crippen LogP contribution in [-0.4, -0.2) is 28.3 Å². The van der Waals surface area contributed by atoms with Gasteiger partial charge in [-0.2, -0.15) is 5.10 Å². The molecular formula is C14H16BrN3O2. The Morgan fingerprint density at radius 3 is 3.05 bits per heavy atom. The zero-order valence-electron chi connectivity index (χ0n) is 11.4. The SMILES string of the molecule is C[C@@H](Oc1cc(Br)cc2nn(C)cc12)[C@H]1CNC(=O)C1. The van der Waals surface area contributed by atoms with Crippen molar-refractivity contribution in [2.45, 2.75) is 19.4 Å². The van der Waals surface area contributed by atoms with Gasteiger partial charge in [0.2, 0.25) is 5.91 Å². The maximum atomic E-state index is 11.3. The van der Waals surface area contributed by atoms with Crippen molar-refractivity contribution in [3.05, 3.63) is 22.8 Å². The van der Waals surface area contributed by atoms with Crippen LogP contribution in [0.2, 0.25) is 0 Å². The molecule has 0 bridgehead atoms. The van der Waals surface area contributed by atoms with E-state index < -0.39 is 0 Å². The van der Waals surface area contributed by atoms with Crippen LogP contribution in [0, 0.1) is 5.92 Å². The second kappa shape index (κ2) is 5.09. The van der Waals surface area contributed by atoms with Crippen LogP contribution >= 0.6 is 15.9 Å². The maximum absolute atomic E-state index is 11.3. The number of ether oxygens (including phenoxy) is 1. The predicted octanol–water partition coefficient (Wildman–Crippen LogP) is 2.24. The van der Waals surface area contributed by atoms with E-state index in [1.165, 1.54) is 0 Å². The fourth-order valence-electron chi connectivity index (χ4n) is 2.53. The van der Waals surface area contributed by atoms with E-state index in [4.69, 9.17) is 4.74 Å². The van der Waals surface area contributed by atoms with Crippen LogP contribution in [0.15, 0.2) is 22.8 Å². The van der Waals surface area contributed by atoms with Gasteiger partial charge in [-0.3, -0.25) is 9.48 Å². The molecule has 1 aliphatic heterocycles. The molecule has 5 nitrogen and oxygen atoms in total. The molecule has 0 radical (unpaired) electrons. The van der Waals surface area contributed by atoms with Crippen molar-refractivity contribution in [2.24, 2.45) is 13.0 Å². The average Bonchev–Trinajstić information content (AvgIpc) is 2.94. The molecule has 0 saturated carbocycles. The summed E-state index contributed by atoms with van der Waals surface area (Å²) >= 11 is 3.48. The predicted molar refractivity (Wildman–Crippen MR) is 79.6 cm³/mol. The Balaban J connectivity index is 1.88. The Kier molecular flexibility index (Phi) is 3.41. The summed E-state index contributed by atoms with van der Waals surface area (Å²) in [6, 6.07) is 3.91. The number of benzene rings is 1. The molecular weight excluding hydrogens is 322 g/mol. The molecule has 2 atom stereocenters. The van der Waals surface area contributed by atoms with Gasteiger partial charge in [0.05, 0.1) is 10.9 Å². The quantitative estimate of drug-likeness (QED) is 0.934. The van der Waals surface area contributed by atoms with E-state index >= 15 is 0 Å². The van der Waals surface area contributed by atoms with Crippen LogP contribution in [-0.2, 0) is 11.8 Å². The van der Waals surface area contributed by atoms with Crippen LogP contribution in [0.3, 0.4) is 0 Å². The van der Waals surface area contributed by atoms with Crippen LogP contribution in [0.25, 0.3) is 10.9 Å². The lowest BCUT2D eigenvalue weighted by Crippen LogP contribution is -2.25. The van der Waals surface area contributed by atoms with Gasteiger partial charge >= 0.3 is 0 Å². The van der Waals surface area contributed by atoms with Crippen molar-refractivity contribution in [3.8, 4) is 5.75 Å². The normalized spacial score (nSPS) is 20.1. The van der Waals surface area contributed by atoms with Crippen molar-refractivity contribution < 1.29 is 9.53 Å². The summed E-state index contributed by atoms with van der Waals surface area (Å²) in [5.41, 5.74) is 0.893. The zero-order chi connectivity index (χ0) is 14.3. The van der Waals surface area contributed by atoms with Gasteiger partial charge in [-0.25, -0.2) is 0 Å². The number of hydrogen-bond acceptors (Lipinski definition) is 3. The lowest BCUT2D eigenvalue weighted by Gasteiger charge is -2.20. The number of amides is 1. The number of aromatic nitrogens is 2. The molecule has 1 N–H and O–H groups in total. The number of fused-ring (bicyclic) bond motifs is 1. The summed E-state index contributed by atoms with van der Waals surface area (Å²) in [7, 11) is 1.89. The van der Waals surface area contributed by atoms with E-state index in [9.17, 15) is 4.79 Å². The molecule has 0 unspecified atom stereocenters. The topological polar surface area (TPSA) is 56.1 Å². The first kappa shape index (κ1) is 13.4. The molecule has 2 aromatic rings. The molecule has 1 amide bonds. The summed E-state index contributed by atoms with van der Waals surface area (Å²) in [5.74, 6) is 1.12. The highest BCUT2D eigenvalue weighted by atomic mass is 79.9. The van der Waals surface area contributed by atoms with Crippen molar-refractivity contribution in [1.82, 2.24) is 15.1 Å². The van der Waals surface area contributed by atoms with E-state index in [-0.39, 0.29) is 17.9 Å². The standard InChI is InChI=1S/C14H16BrN3O2/c1-8(9-3-14(19)16-6-9)20-13-5-10(15)4-12-11(13)7-18(2)17-12/h4-5,7-9H,3,6H2,1-2H3,(H,16,19)/t8-,9-/m1/s1. The molecule has 106 valence electrons. The molecule has 20 heavy (non-hydrogen) atoms. The number of nitrogens with zero attached hydrogens (tertiary/aromatic N) is 2. The first-order chi connectivity index (χ1) is 9.52. The van der Waals surface area contributed by atoms with E-state index in [1.54, 1.807) is 4.68 Å². The van der Waals surface area contributed by atoms with Gasteiger partial charge in [0.25, 0.3) is 0 Å². The van der Waals surface area contributed by atoms with Crippen LogP contribution < -0.4 is 10.1 Å². The third-order valence-corrected chi connectivity index (χ3v) is 4.11. The highest BCUT2D eigenvalue weighted by Crippen LogP contribution is 2.31. The number of carbonyl (C=O) groups is 1. The van der Waals surface area contributed by atoms with Crippen molar-refractivity contribution >= 4 is 32.7 Å². The Labute approximate surface area is 125 Å². The van der Waals surface area contributed by atoms with Crippen molar-refractivity contribution in [3.63, 3.8) is 0 Å². The van der Waals surface area contributed by atoms with Crippen LogP contribution in [0.1, 0.15) is 13.3 Å². The summed E-state index contributed by atoms with van der Waals surface area (Å²) in [5, 5.41) is 8.22. The largest absolute Gasteiger partial charge is 0.490 e. The smallest absolute Gasteiger partial charge is 0.220 e. The van der Waals surface area contributed by atoms with Gasteiger partial charge in [-0.1, -0.05) is 15.9 Å². The molecule has 6 heteroatoms. The fraction of sp³-hybridized carbons (Fsp3) is 0.429. The number of halogens is 1. The Morgan fingerprint density at radius 2 is 2.35 bits per heavy atom. The lowest BCUT2D eigenvalue weighted by atomic mass is 10.0. The summed E-state index contributed by atoms with van der Waals surface area (Å²) in [4.78, 5) is 11.3. The number of aryl methyl sites for hydroxylation is 1. The van der Waals surface area contributed by atoms with E-state index in [2.05, 4.69) is 26.3 Å². The first-order valence-corrected chi connectivity index (χ1v) is 7.38. The number of rotatable bonds is 3. The molecule has 1 fully saturated rings. The summed E-state index contributed by atoms with van der Waals surface area (Å²) in [6.07, 6.45) is 2.46. The van der Waals surface area contributed by atoms with Crippen LogP contribution in [0.5, 0.6) is 5.75 Å². The Bertz CT molecular complexity index is 668. The third kappa shape index (κ3) is 2.52. The second-order valence-corrected chi connectivity index (χ2v) is 6.15. The number of hydrogen-bond donors (Lipinski definition) is 1. The monoisotopic (exact) mass is 337 g/mol. The molecule has 1 saturated heterocycles.